The monoisotopic (exact) mass is 780 g/mol. The van der Waals surface area contributed by atoms with Crippen molar-refractivity contribution < 1.29 is 18.1 Å². The Kier molecular flexibility index (Phi) is 5.90. The highest BCUT2D eigenvalue weighted by Crippen LogP contribution is 2.47. The number of hydrogen-bond donors (Lipinski definition) is 0. The third-order valence-electron chi connectivity index (χ3n) is 13.2. The van der Waals surface area contributed by atoms with Crippen molar-refractivity contribution in [1.29, 1.82) is 0 Å². The van der Waals surface area contributed by atoms with Gasteiger partial charge in [-0.05, 0) is 83.9 Å². The lowest BCUT2D eigenvalue weighted by atomic mass is 9.66. The standard InChI is InChI=1S/C54H29BN2O4/c1-5-16-42-32(10-1)38-24-26-46-50(40-12-3-7-18-44(40)58-46)53(38)56(42)30-20-22-34-36-14-9-15-37-35-23-21-31(29-49(35)61-55(52(36)37)60-48(34)28-30)57-43-17-6-2-11-33(43)39-25-27-47-51(54(39)57)41-13-4-8-19-45(41)59-47/h1-29H. The van der Waals surface area contributed by atoms with Gasteiger partial charge in [0.05, 0.1) is 32.8 Å². The van der Waals surface area contributed by atoms with Crippen LogP contribution in [0.1, 0.15) is 0 Å². The number of benzene rings is 9. The van der Waals surface area contributed by atoms with Crippen molar-refractivity contribution in [3.8, 4) is 45.1 Å². The van der Waals surface area contributed by atoms with Crippen molar-refractivity contribution in [2.45, 2.75) is 0 Å². The first-order valence-corrected chi connectivity index (χ1v) is 20.7. The molecule has 282 valence electrons. The summed E-state index contributed by atoms with van der Waals surface area (Å²) in [5.74, 6) is 1.55. The van der Waals surface area contributed by atoms with Gasteiger partial charge >= 0.3 is 7.12 Å². The molecule has 0 unspecified atom stereocenters. The molecule has 7 heteroatoms. The lowest BCUT2D eigenvalue weighted by Gasteiger charge is -2.32. The van der Waals surface area contributed by atoms with E-state index in [9.17, 15) is 0 Å². The summed E-state index contributed by atoms with van der Waals surface area (Å²) < 4.78 is 31.5. The van der Waals surface area contributed by atoms with E-state index in [0.29, 0.717) is 0 Å². The summed E-state index contributed by atoms with van der Waals surface area (Å²) >= 11 is 0. The smallest absolute Gasteiger partial charge is 0.521 e. The van der Waals surface area contributed by atoms with Crippen molar-refractivity contribution in [3.05, 3.63) is 176 Å². The Labute approximate surface area is 347 Å². The van der Waals surface area contributed by atoms with Gasteiger partial charge in [0.25, 0.3) is 0 Å². The van der Waals surface area contributed by atoms with Gasteiger partial charge < -0.3 is 27.3 Å². The zero-order valence-corrected chi connectivity index (χ0v) is 32.3. The van der Waals surface area contributed by atoms with Crippen LogP contribution < -0.4 is 14.8 Å². The molecule has 15 rings (SSSR count). The quantitative estimate of drug-likeness (QED) is 0.164. The predicted octanol–water partition coefficient (Wildman–Crippen LogP) is 13.5. The molecule has 0 saturated heterocycles. The first-order chi connectivity index (χ1) is 30.2. The third kappa shape index (κ3) is 4.07. The molecule has 0 amide bonds. The molecule has 0 aliphatic carbocycles. The van der Waals surface area contributed by atoms with Crippen LogP contribution in [0, 0.1) is 0 Å². The molecule has 2 aliphatic rings. The first kappa shape index (κ1) is 31.8. The summed E-state index contributed by atoms with van der Waals surface area (Å²) in [6.07, 6.45) is 0. The van der Waals surface area contributed by atoms with E-state index < -0.39 is 7.12 Å². The molecule has 2 aliphatic heterocycles. The SMILES string of the molecule is c1cc2c3c(c1)-c1ccc(-n4c5ccccc5c5ccc6oc7ccccc7c6c54)cc1OB3Oc1cc(-n3c4ccccc4c4ccc5oc6ccccc6c5c43)ccc1-2. The zero-order chi connectivity index (χ0) is 39.5. The molecule has 6 nitrogen and oxygen atoms in total. The van der Waals surface area contributed by atoms with Gasteiger partial charge in [-0.3, -0.25) is 0 Å². The van der Waals surface area contributed by atoms with Gasteiger partial charge in [-0.1, -0.05) is 91.0 Å². The predicted molar refractivity (Wildman–Crippen MR) is 247 cm³/mol. The van der Waals surface area contributed by atoms with Crippen LogP contribution in [0.5, 0.6) is 11.5 Å². The average Bonchev–Trinajstić information content (AvgIpc) is 4.06. The zero-order valence-electron chi connectivity index (χ0n) is 32.3. The Morgan fingerprint density at radius 3 is 1.31 bits per heavy atom. The highest BCUT2D eigenvalue weighted by atomic mass is 16.6. The van der Waals surface area contributed by atoms with Crippen molar-refractivity contribution >= 4 is 100 Å². The fourth-order valence-electron chi connectivity index (χ4n) is 10.7. The Bertz CT molecular complexity index is 3830. The van der Waals surface area contributed by atoms with E-state index in [4.69, 9.17) is 18.1 Å². The van der Waals surface area contributed by atoms with Gasteiger partial charge in [0.1, 0.15) is 33.8 Å². The Morgan fingerprint density at radius 1 is 0.344 bits per heavy atom. The fourth-order valence-corrected chi connectivity index (χ4v) is 10.7. The van der Waals surface area contributed by atoms with Crippen LogP contribution >= 0.6 is 0 Å². The topological polar surface area (TPSA) is 54.6 Å². The fraction of sp³-hybridized carbons (Fsp3) is 0. The Hall–Kier alpha value is -8.16. The number of para-hydroxylation sites is 4. The lowest BCUT2D eigenvalue weighted by molar-refractivity contribution is 0.436. The summed E-state index contributed by atoms with van der Waals surface area (Å²) in [4.78, 5) is 0. The van der Waals surface area contributed by atoms with Crippen LogP contribution in [0.15, 0.2) is 185 Å². The van der Waals surface area contributed by atoms with Crippen LogP contribution in [0.25, 0.3) is 121 Å². The molecule has 13 aromatic rings. The van der Waals surface area contributed by atoms with E-state index in [2.05, 4.69) is 161 Å². The summed E-state index contributed by atoms with van der Waals surface area (Å²) in [5, 5.41) is 9.13. The molecular formula is C54H29BN2O4. The van der Waals surface area contributed by atoms with E-state index in [1.165, 1.54) is 21.5 Å². The summed E-state index contributed by atoms with van der Waals surface area (Å²) in [7, 11) is -0.637. The molecule has 0 bridgehead atoms. The third-order valence-corrected chi connectivity index (χ3v) is 13.2. The second kappa shape index (κ2) is 11.3. The second-order valence-electron chi connectivity index (χ2n) is 16.3. The number of fused-ring (bicyclic) bond motifs is 18. The normalized spacial score (nSPS) is 13.1. The average molecular weight is 781 g/mol. The van der Waals surface area contributed by atoms with Crippen molar-refractivity contribution in [1.82, 2.24) is 9.13 Å². The van der Waals surface area contributed by atoms with Crippen LogP contribution in [0.2, 0.25) is 0 Å². The van der Waals surface area contributed by atoms with E-state index in [1.54, 1.807) is 0 Å². The molecule has 6 heterocycles. The molecule has 0 atom stereocenters. The number of aromatic nitrogens is 2. The molecule has 0 radical (unpaired) electrons. The minimum Gasteiger partial charge on any atom is -0.521 e. The molecule has 0 saturated carbocycles. The van der Waals surface area contributed by atoms with E-state index in [0.717, 1.165) is 117 Å². The van der Waals surface area contributed by atoms with Crippen LogP contribution in [-0.2, 0) is 0 Å². The van der Waals surface area contributed by atoms with E-state index in [-0.39, 0.29) is 0 Å². The molecular weight excluding hydrogens is 751 g/mol. The summed E-state index contributed by atoms with van der Waals surface area (Å²) in [5.41, 5.74) is 15.3. The van der Waals surface area contributed by atoms with Crippen LogP contribution in [0.3, 0.4) is 0 Å². The van der Waals surface area contributed by atoms with E-state index >= 15 is 0 Å². The van der Waals surface area contributed by atoms with Crippen LogP contribution in [-0.4, -0.2) is 16.3 Å². The van der Waals surface area contributed by atoms with Gasteiger partial charge in [0.15, 0.2) is 0 Å². The minimum atomic E-state index is -0.637. The van der Waals surface area contributed by atoms with Crippen molar-refractivity contribution in [3.63, 3.8) is 0 Å². The number of hydrogen-bond acceptors (Lipinski definition) is 4. The molecule has 9 aromatic carbocycles. The number of nitrogens with zero attached hydrogens (tertiary/aromatic N) is 2. The van der Waals surface area contributed by atoms with Gasteiger partial charge in [-0.2, -0.15) is 0 Å². The van der Waals surface area contributed by atoms with Crippen molar-refractivity contribution in [2.24, 2.45) is 0 Å². The highest BCUT2D eigenvalue weighted by molar-refractivity contribution is 6.68. The maximum absolute atomic E-state index is 7.00. The Morgan fingerprint density at radius 2 is 0.803 bits per heavy atom. The van der Waals surface area contributed by atoms with Gasteiger partial charge in [0.2, 0.25) is 0 Å². The number of rotatable bonds is 2. The van der Waals surface area contributed by atoms with Crippen molar-refractivity contribution in [2.75, 3.05) is 0 Å². The van der Waals surface area contributed by atoms with Gasteiger partial charge in [-0.15, -0.1) is 0 Å². The second-order valence-corrected chi connectivity index (χ2v) is 16.3. The lowest BCUT2D eigenvalue weighted by Crippen LogP contribution is -2.49. The minimum absolute atomic E-state index is 0.637. The van der Waals surface area contributed by atoms with Gasteiger partial charge in [-0.25, -0.2) is 0 Å². The largest absolute Gasteiger partial charge is 0.633 e. The maximum atomic E-state index is 7.00. The number of furan rings is 2. The van der Waals surface area contributed by atoms with E-state index in [1.807, 2.05) is 24.3 Å². The summed E-state index contributed by atoms with van der Waals surface area (Å²) in [6.45, 7) is 0. The molecule has 4 aromatic heterocycles. The maximum Gasteiger partial charge on any atom is 0.633 e. The van der Waals surface area contributed by atoms with Crippen LogP contribution in [0.4, 0.5) is 0 Å². The van der Waals surface area contributed by atoms with Gasteiger partial charge in [0, 0.05) is 72.4 Å². The molecule has 0 spiro atoms. The first-order valence-electron chi connectivity index (χ1n) is 20.7. The highest BCUT2D eigenvalue weighted by Gasteiger charge is 2.42. The summed E-state index contributed by atoms with van der Waals surface area (Å²) in [6, 6.07) is 62.1. The Balaban J connectivity index is 0.911. The molecule has 61 heavy (non-hydrogen) atoms. The molecule has 0 N–H and O–H groups in total. The molecule has 0 fully saturated rings.